The monoisotopic (exact) mass is 271 g/mol. The van der Waals surface area contributed by atoms with Gasteiger partial charge in [-0.2, -0.15) is 0 Å². The molecule has 2 nitrogen and oxygen atoms in total. The Labute approximate surface area is 121 Å². The standard InChI is InChI=1S/C18H25NO/c1-5-6-9-12-19-13-15(17(20)18(2,3)4)14-10-7-8-11-16(14)19/h7-8,10-11,13H,5-6,9,12H2,1-4H3. The molecule has 0 radical (unpaired) electrons. The third-order valence-corrected chi connectivity index (χ3v) is 3.72. The Morgan fingerprint density at radius 3 is 2.50 bits per heavy atom. The Kier molecular flexibility index (Phi) is 4.32. The van der Waals surface area contributed by atoms with Gasteiger partial charge in [0.1, 0.15) is 0 Å². The second-order valence-corrected chi connectivity index (χ2v) is 6.54. The zero-order valence-electron chi connectivity index (χ0n) is 13.1. The molecule has 0 bridgehead atoms. The molecular formula is C18H25NO. The smallest absolute Gasteiger partial charge is 0.170 e. The molecule has 0 fully saturated rings. The van der Waals surface area contributed by atoms with Crippen LogP contribution in [-0.4, -0.2) is 10.4 Å². The van der Waals surface area contributed by atoms with Gasteiger partial charge in [-0.05, 0) is 12.5 Å². The third-order valence-electron chi connectivity index (χ3n) is 3.72. The fraction of sp³-hybridized carbons (Fsp3) is 0.500. The van der Waals surface area contributed by atoms with Crippen molar-refractivity contribution < 1.29 is 4.79 Å². The van der Waals surface area contributed by atoms with Gasteiger partial charge in [-0.15, -0.1) is 0 Å². The van der Waals surface area contributed by atoms with E-state index in [-0.39, 0.29) is 11.2 Å². The number of fused-ring (bicyclic) bond motifs is 1. The van der Waals surface area contributed by atoms with E-state index in [4.69, 9.17) is 0 Å². The first-order valence-corrected chi connectivity index (χ1v) is 7.58. The predicted molar refractivity (Wildman–Crippen MR) is 85.2 cm³/mol. The molecule has 2 aromatic rings. The molecule has 0 N–H and O–H groups in total. The summed E-state index contributed by atoms with van der Waals surface area (Å²) in [4.78, 5) is 12.6. The van der Waals surface area contributed by atoms with Crippen molar-refractivity contribution >= 4 is 16.7 Å². The Morgan fingerprint density at radius 1 is 1.15 bits per heavy atom. The fourth-order valence-corrected chi connectivity index (χ4v) is 2.55. The average molecular weight is 271 g/mol. The molecule has 0 unspecified atom stereocenters. The van der Waals surface area contributed by atoms with Crippen molar-refractivity contribution in [2.75, 3.05) is 0 Å². The summed E-state index contributed by atoms with van der Waals surface area (Å²) in [6, 6.07) is 8.23. The van der Waals surface area contributed by atoms with Gasteiger partial charge in [0.25, 0.3) is 0 Å². The maximum Gasteiger partial charge on any atom is 0.170 e. The maximum absolute atomic E-state index is 12.6. The van der Waals surface area contributed by atoms with Gasteiger partial charge in [-0.25, -0.2) is 0 Å². The summed E-state index contributed by atoms with van der Waals surface area (Å²) >= 11 is 0. The lowest BCUT2D eigenvalue weighted by molar-refractivity contribution is 0.0860. The molecule has 1 heterocycles. The number of hydrogen-bond acceptors (Lipinski definition) is 1. The number of carbonyl (C=O) groups is 1. The quantitative estimate of drug-likeness (QED) is 0.550. The number of nitrogens with zero attached hydrogens (tertiary/aromatic N) is 1. The van der Waals surface area contributed by atoms with E-state index >= 15 is 0 Å². The van der Waals surface area contributed by atoms with Gasteiger partial charge in [0, 0.05) is 34.6 Å². The van der Waals surface area contributed by atoms with Gasteiger partial charge in [0.15, 0.2) is 5.78 Å². The molecule has 0 aliphatic heterocycles. The number of para-hydroxylation sites is 1. The van der Waals surface area contributed by atoms with Crippen LogP contribution in [0.1, 0.15) is 57.3 Å². The van der Waals surface area contributed by atoms with Crippen LogP contribution in [0.3, 0.4) is 0 Å². The van der Waals surface area contributed by atoms with Gasteiger partial charge in [-0.3, -0.25) is 4.79 Å². The van der Waals surface area contributed by atoms with Gasteiger partial charge < -0.3 is 4.57 Å². The zero-order valence-corrected chi connectivity index (χ0v) is 13.1. The summed E-state index contributed by atoms with van der Waals surface area (Å²) in [6.45, 7) is 9.16. The first-order valence-electron chi connectivity index (χ1n) is 7.58. The minimum Gasteiger partial charge on any atom is -0.347 e. The maximum atomic E-state index is 12.6. The van der Waals surface area contributed by atoms with Crippen molar-refractivity contribution in [2.24, 2.45) is 5.41 Å². The SMILES string of the molecule is CCCCCn1cc(C(=O)C(C)(C)C)c2ccccc21. The van der Waals surface area contributed by atoms with E-state index in [0.29, 0.717) is 0 Å². The van der Waals surface area contributed by atoms with Crippen LogP contribution in [0.15, 0.2) is 30.5 Å². The molecule has 0 aliphatic rings. The highest BCUT2D eigenvalue weighted by Gasteiger charge is 2.26. The number of ketones is 1. The van der Waals surface area contributed by atoms with Crippen LogP contribution in [0.25, 0.3) is 10.9 Å². The largest absolute Gasteiger partial charge is 0.347 e. The molecule has 20 heavy (non-hydrogen) atoms. The van der Waals surface area contributed by atoms with Crippen molar-refractivity contribution in [1.82, 2.24) is 4.57 Å². The highest BCUT2D eigenvalue weighted by Crippen LogP contribution is 2.28. The van der Waals surface area contributed by atoms with E-state index in [9.17, 15) is 4.79 Å². The summed E-state index contributed by atoms with van der Waals surface area (Å²) in [6.07, 6.45) is 5.66. The second kappa shape index (κ2) is 5.82. The molecule has 0 atom stereocenters. The first-order chi connectivity index (χ1) is 9.45. The van der Waals surface area contributed by atoms with Crippen molar-refractivity contribution in [3.05, 3.63) is 36.0 Å². The first kappa shape index (κ1) is 14.8. The average Bonchev–Trinajstić information content (AvgIpc) is 2.76. The van der Waals surface area contributed by atoms with Crippen LogP contribution in [0.5, 0.6) is 0 Å². The Balaban J connectivity index is 2.43. The molecule has 0 spiro atoms. The second-order valence-electron chi connectivity index (χ2n) is 6.54. The van der Waals surface area contributed by atoms with Gasteiger partial charge in [-0.1, -0.05) is 58.7 Å². The number of hydrogen-bond donors (Lipinski definition) is 0. The molecule has 108 valence electrons. The molecule has 0 amide bonds. The number of rotatable bonds is 5. The molecule has 2 rings (SSSR count). The van der Waals surface area contributed by atoms with Crippen LogP contribution in [-0.2, 0) is 6.54 Å². The molecular weight excluding hydrogens is 246 g/mol. The number of aryl methyl sites for hydroxylation is 1. The van der Waals surface area contributed by atoms with Crippen molar-refractivity contribution in [3.8, 4) is 0 Å². The third kappa shape index (κ3) is 2.95. The minimum atomic E-state index is -0.335. The van der Waals surface area contributed by atoms with Crippen LogP contribution < -0.4 is 0 Å². The highest BCUT2D eigenvalue weighted by molar-refractivity contribution is 6.10. The van der Waals surface area contributed by atoms with E-state index in [0.717, 1.165) is 17.5 Å². The van der Waals surface area contributed by atoms with Crippen molar-refractivity contribution in [3.63, 3.8) is 0 Å². The van der Waals surface area contributed by atoms with Crippen molar-refractivity contribution in [2.45, 2.75) is 53.5 Å². The van der Waals surface area contributed by atoms with Crippen LogP contribution in [0.4, 0.5) is 0 Å². The molecule has 0 aliphatic carbocycles. The van der Waals surface area contributed by atoms with E-state index in [1.165, 1.54) is 24.8 Å². The number of unbranched alkanes of at least 4 members (excludes halogenated alkanes) is 2. The summed E-state index contributed by atoms with van der Waals surface area (Å²) in [5, 5.41) is 1.09. The molecule has 0 saturated carbocycles. The number of Topliss-reactive ketones (excluding diaryl/α,β-unsaturated/α-hetero) is 1. The summed E-state index contributed by atoms with van der Waals surface area (Å²) in [7, 11) is 0. The number of benzene rings is 1. The van der Waals surface area contributed by atoms with Crippen LogP contribution in [0.2, 0.25) is 0 Å². The molecule has 2 heteroatoms. The van der Waals surface area contributed by atoms with Gasteiger partial charge in [0.2, 0.25) is 0 Å². The van der Waals surface area contributed by atoms with E-state index in [1.54, 1.807) is 0 Å². The van der Waals surface area contributed by atoms with Crippen LogP contribution in [0, 0.1) is 5.41 Å². The Morgan fingerprint density at radius 2 is 1.85 bits per heavy atom. The normalized spacial score (nSPS) is 12.0. The zero-order chi connectivity index (χ0) is 14.8. The van der Waals surface area contributed by atoms with E-state index in [2.05, 4.69) is 23.6 Å². The topological polar surface area (TPSA) is 22.0 Å². The lowest BCUT2D eigenvalue weighted by Crippen LogP contribution is -2.19. The van der Waals surface area contributed by atoms with Gasteiger partial charge >= 0.3 is 0 Å². The molecule has 1 aromatic carbocycles. The summed E-state index contributed by atoms with van der Waals surface area (Å²) in [5.41, 5.74) is 1.71. The summed E-state index contributed by atoms with van der Waals surface area (Å²) < 4.78 is 2.24. The Bertz CT molecular complexity index is 601. The lowest BCUT2D eigenvalue weighted by atomic mass is 9.86. The lowest BCUT2D eigenvalue weighted by Gasteiger charge is -2.15. The summed E-state index contributed by atoms with van der Waals surface area (Å²) in [5.74, 6) is 0.225. The number of carbonyl (C=O) groups excluding carboxylic acids is 1. The van der Waals surface area contributed by atoms with E-state index < -0.39 is 0 Å². The predicted octanol–water partition coefficient (Wildman–Crippen LogP) is 5.06. The molecule has 0 saturated heterocycles. The number of aromatic nitrogens is 1. The minimum absolute atomic E-state index is 0.225. The van der Waals surface area contributed by atoms with Crippen molar-refractivity contribution in [1.29, 1.82) is 0 Å². The highest BCUT2D eigenvalue weighted by atomic mass is 16.1. The fourth-order valence-electron chi connectivity index (χ4n) is 2.55. The molecule has 1 aromatic heterocycles. The van der Waals surface area contributed by atoms with E-state index in [1.807, 2.05) is 39.1 Å². The van der Waals surface area contributed by atoms with Crippen LogP contribution >= 0.6 is 0 Å². The Hall–Kier alpha value is -1.57. The van der Waals surface area contributed by atoms with Gasteiger partial charge in [0.05, 0.1) is 0 Å².